The number of anilines is 1. The van der Waals surface area contributed by atoms with Gasteiger partial charge in [0, 0.05) is 5.56 Å². The SMILES string of the molecule is Cl.Nc1ncnc2c1c(-c1cc(O)c(Cl)cc1Cl)nn2C1Cc2ccccc2C1. The first-order valence-electron chi connectivity index (χ1n) is 8.76. The van der Waals surface area contributed by atoms with Crippen molar-refractivity contribution in [3.05, 3.63) is 63.9 Å². The van der Waals surface area contributed by atoms with Crippen molar-refractivity contribution in [1.82, 2.24) is 19.7 Å². The van der Waals surface area contributed by atoms with Crippen LogP contribution in [0.15, 0.2) is 42.7 Å². The number of benzene rings is 2. The predicted octanol–water partition coefficient (Wildman–Crippen LogP) is 4.85. The monoisotopic (exact) mass is 447 g/mol. The molecular formula is C20H16Cl3N5O. The van der Waals surface area contributed by atoms with Gasteiger partial charge in [-0.15, -0.1) is 12.4 Å². The van der Waals surface area contributed by atoms with E-state index in [0.717, 1.165) is 12.8 Å². The Balaban J connectivity index is 0.00000205. The van der Waals surface area contributed by atoms with Crippen LogP contribution in [0, 0.1) is 0 Å². The van der Waals surface area contributed by atoms with Crippen LogP contribution in [0.4, 0.5) is 5.82 Å². The number of fused-ring (bicyclic) bond motifs is 2. The molecule has 1 aliphatic rings. The number of rotatable bonds is 2. The van der Waals surface area contributed by atoms with E-state index in [1.54, 1.807) is 0 Å². The summed E-state index contributed by atoms with van der Waals surface area (Å²) in [4.78, 5) is 8.57. The highest BCUT2D eigenvalue weighted by Gasteiger charge is 2.28. The zero-order chi connectivity index (χ0) is 19.4. The molecule has 1 aliphatic carbocycles. The van der Waals surface area contributed by atoms with Crippen molar-refractivity contribution in [2.24, 2.45) is 0 Å². The molecule has 0 saturated carbocycles. The molecular weight excluding hydrogens is 433 g/mol. The van der Waals surface area contributed by atoms with Crippen LogP contribution < -0.4 is 5.73 Å². The molecule has 0 radical (unpaired) electrons. The molecule has 3 N–H and O–H groups in total. The number of phenols is 1. The minimum atomic E-state index is -0.0764. The Morgan fingerprint density at radius 1 is 1.03 bits per heavy atom. The standard InChI is InChI=1S/C20H15Cl2N5O.ClH/c21-14-8-15(22)16(28)7-13(14)18-17-19(23)24-9-25-20(17)27(26-18)12-5-10-3-1-2-4-11(10)6-12;/h1-4,7-9,12,28H,5-6H2,(H2,23,24,25);1H. The minimum Gasteiger partial charge on any atom is -0.506 e. The van der Waals surface area contributed by atoms with E-state index < -0.39 is 0 Å². The van der Waals surface area contributed by atoms with Crippen LogP contribution in [0.3, 0.4) is 0 Å². The number of phenolic OH excluding ortho intramolecular Hbond substituents is 1. The molecule has 0 aliphatic heterocycles. The second-order valence-electron chi connectivity index (χ2n) is 6.86. The highest BCUT2D eigenvalue weighted by molar-refractivity contribution is 6.37. The third kappa shape index (κ3) is 3.17. The highest BCUT2D eigenvalue weighted by Crippen LogP contribution is 2.41. The normalized spacial score (nSPS) is 13.4. The second-order valence-corrected chi connectivity index (χ2v) is 7.68. The van der Waals surface area contributed by atoms with Gasteiger partial charge in [0.05, 0.1) is 21.5 Å². The quantitative estimate of drug-likeness (QED) is 0.457. The van der Waals surface area contributed by atoms with Crippen molar-refractivity contribution in [1.29, 1.82) is 0 Å². The molecule has 2 heterocycles. The first-order valence-corrected chi connectivity index (χ1v) is 9.52. The molecule has 148 valence electrons. The summed E-state index contributed by atoms with van der Waals surface area (Å²) in [6.45, 7) is 0. The van der Waals surface area contributed by atoms with E-state index in [4.69, 9.17) is 34.0 Å². The van der Waals surface area contributed by atoms with E-state index in [2.05, 4.69) is 22.1 Å². The molecule has 0 spiro atoms. The molecule has 6 nitrogen and oxygen atoms in total. The van der Waals surface area contributed by atoms with Gasteiger partial charge < -0.3 is 10.8 Å². The minimum absolute atomic E-state index is 0. The lowest BCUT2D eigenvalue weighted by Crippen LogP contribution is -2.11. The van der Waals surface area contributed by atoms with Crippen molar-refractivity contribution in [3.63, 3.8) is 0 Å². The van der Waals surface area contributed by atoms with Crippen LogP contribution in [0.5, 0.6) is 5.75 Å². The number of hydrogen-bond donors (Lipinski definition) is 2. The maximum Gasteiger partial charge on any atom is 0.164 e. The Morgan fingerprint density at radius 2 is 1.72 bits per heavy atom. The van der Waals surface area contributed by atoms with Crippen molar-refractivity contribution in [3.8, 4) is 17.0 Å². The van der Waals surface area contributed by atoms with Crippen LogP contribution in [0.2, 0.25) is 10.0 Å². The van der Waals surface area contributed by atoms with Crippen molar-refractivity contribution in [2.45, 2.75) is 18.9 Å². The number of halogens is 3. The van der Waals surface area contributed by atoms with E-state index in [-0.39, 0.29) is 29.2 Å². The van der Waals surface area contributed by atoms with Gasteiger partial charge in [0.15, 0.2) is 5.65 Å². The zero-order valence-corrected chi connectivity index (χ0v) is 17.3. The maximum atomic E-state index is 10.1. The number of aromatic nitrogens is 4. The molecule has 0 fully saturated rings. The predicted molar refractivity (Wildman–Crippen MR) is 117 cm³/mol. The van der Waals surface area contributed by atoms with Crippen LogP contribution in [-0.2, 0) is 12.8 Å². The van der Waals surface area contributed by atoms with Gasteiger partial charge in [-0.1, -0.05) is 47.5 Å². The molecule has 0 unspecified atom stereocenters. The molecule has 29 heavy (non-hydrogen) atoms. The van der Waals surface area contributed by atoms with Gasteiger partial charge in [-0.05, 0) is 36.1 Å². The lowest BCUT2D eigenvalue weighted by molar-refractivity contribution is 0.475. The van der Waals surface area contributed by atoms with Crippen molar-refractivity contribution < 1.29 is 5.11 Å². The summed E-state index contributed by atoms with van der Waals surface area (Å²) < 4.78 is 1.89. The Labute approximate surface area is 182 Å². The summed E-state index contributed by atoms with van der Waals surface area (Å²) >= 11 is 12.4. The summed E-state index contributed by atoms with van der Waals surface area (Å²) in [5.74, 6) is 0.236. The molecule has 0 atom stereocenters. The topological polar surface area (TPSA) is 89.8 Å². The fraction of sp³-hybridized carbons (Fsp3) is 0.150. The van der Waals surface area contributed by atoms with Crippen LogP contribution in [0.1, 0.15) is 17.2 Å². The summed E-state index contributed by atoms with van der Waals surface area (Å²) in [7, 11) is 0. The van der Waals surface area contributed by atoms with Gasteiger partial charge in [-0.25, -0.2) is 14.6 Å². The molecule has 5 rings (SSSR count). The molecule has 2 aromatic heterocycles. The van der Waals surface area contributed by atoms with E-state index >= 15 is 0 Å². The number of aromatic hydroxyl groups is 1. The maximum absolute atomic E-state index is 10.1. The summed E-state index contributed by atoms with van der Waals surface area (Å²) in [5, 5.41) is 16.0. The Hall–Kier alpha value is -2.54. The van der Waals surface area contributed by atoms with E-state index in [1.807, 2.05) is 16.8 Å². The van der Waals surface area contributed by atoms with E-state index in [1.165, 1.54) is 29.6 Å². The summed E-state index contributed by atoms with van der Waals surface area (Å²) in [6, 6.07) is 11.5. The fourth-order valence-corrected chi connectivity index (χ4v) is 4.34. The molecule has 0 saturated heterocycles. The first-order chi connectivity index (χ1) is 13.5. The molecule has 0 bridgehead atoms. The molecule has 2 aromatic carbocycles. The van der Waals surface area contributed by atoms with Gasteiger partial charge in [0.25, 0.3) is 0 Å². The van der Waals surface area contributed by atoms with E-state index in [9.17, 15) is 5.11 Å². The number of nitrogens with two attached hydrogens (primary N) is 1. The first kappa shape index (κ1) is 19.8. The average Bonchev–Trinajstić information content (AvgIpc) is 3.27. The van der Waals surface area contributed by atoms with Gasteiger partial charge >= 0.3 is 0 Å². The number of nitrogen functional groups attached to an aromatic ring is 1. The highest BCUT2D eigenvalue weighted by atomic mass is 35.5. The van der Waals surface area contributed by atoms with Crippen molar-refractivity contribution in [2.75, 3.05) is 5.73 Å². The van der Waals surface area contributed by atoms with E-state index in [0.29, 0.717) is 33.1 Å². The van der Waals surface area contributed by atoms with Crippen LogP contribution in [-0.4, -0.2) is 24.9 Å². The molecule has 0 amide bonds. The smallest absolute Gasteiger partial charge is 0.164 e. The van der Waals surface area contributed by atoms with Crippen LogP contribution >= 0.6 is 35.6 Å². The largest absolute Gasteiger partial charge is 0.506 e. The van der Waals surface area contributed by atoms with Crippen LogP contribution in [0.25, 0.3) is 22.3 Å². The van der Waals surface area contributed by atoms with Gasteiger partial charge in [-0.3, -0.25) is 0 Å². The third-order valence-electron chi connectivity index (χ3n) is 5.19. The molecule has 4 aromatic rings. The number of nitrogens with zero attached hydrogens (tertiary/aromatic N) is 4. The van der Waals surface area contributed by atoms with Gasteiger partial charge in [0.1, 0.15) is 23.6 Å². The average molecular weight is 449 g/mol. The molecule has 9 heteroatoms. The fourth-order valence-electron chi connectivity index (χ4n) is 3.87. The zero-order valence-electron chi connectivity index (χ0n) is 15.0. The Morgan fingerprint density at radius 3 is 2.41 bits per heavy atom. The van der Waals surface area contributed by atoms with Crippen molar-refractivity contribution >= 4 is 52.5 Å². The third-order valence-corrected chi connectivity index (χ3v) is 5.80. The Kier molecular flexibility index (Phi) is 5.02. The van der Waals surface area contributed by atoms with Gasteiger partial charge in [0.2, 0.25) is 0 Å². The van der Waals surface area contributed by atoms with Gasteiger partial charge in [-0.2, -0.15) is 5.10 Å². The second kappa shape index (κ2) is 7.37. The number of hydrogen-bond acceptors (Lipinski definition) is 5. The lowest BCUT2D eigenvalue weighted by atomic mass is 10.1. The Bertz CT molecular complexity index is 1220. The summed E-state index contributed by atoms with van der Waals surface area (Å²) in [6.07, 6.45) is 3.15. The summed E-state index contributed by atoms with van der Waals surface area (Å²) in [5.41, 5.74) is 10.5. The lowest BCUT2D eigenvalue weighted by Gasteiger charge is -2.10.